The SMILES string of the molecule is C[C@@H](CO)NC(=O)CCCCC(=O)O. The zero-order valence-electron chi connectivity index (χ0n) is 8.32. The highest BCUT2D eigenvalue weighted by Gasteiger charge is 2.05. The Morgan fingerprint density at radius 2 is 1.86 bits per heavy atom. The third-order valence-corrected chi connectivity index (χ3v) is 1.73. The quantitative estimate of drug-likeness (QED) is 0.513. The third-order valence-electron chi connectivity index (χ3n) is 1.73. The van der Waals surface area contributed by atoms with Gasteiger partial charge in [-0.3, -0.25) is 9.59 Å². The van der Waals surface area contributed by atoms with Crippen LogP contribution in [0.1, 0.15) is 32.6 Å². The van der Waals surface area contributed by atoms with Crippen LogP contribution in [0.2, 0.25) is 0 Å². The predicted octanol–water partition coefficient (Wildman–Crippen LogP) is 0.128. The molecule has 0 fully saturated rings. The van der Waals surface area contributed by atoms with Crippen LogP contribution < -0.4 is 5.32 Å². The first-order chi connectivity index (χ1) is 6.56. The van der Waals surface area contributed by atoms with Crippen molar-refractivity contribution in [3.05, 3.63) is 0 Å². The second-order valence-electron chi connectivity index (χ2n) is 3.25. The molecular weight excluding hydrogens is 186 g/mol. The molecule has 5 heteroatoms. The van der Waals surface area contributed by atoms with Crippen LogP contribution in [0, 0.1) is 0 Å². The molecule has 0 radical (unpaired) electrons. The number of aliphatic hydroxyl groups excluding tert-OH is 1. The predicted molar refractivity (Wildman–Crippen MR) is 50.8 cm³/mol. The van der Waals surface area contributed by atoms with Crippen molar-refractivity contribution in [2.75, 3.05) is 6.61 Å². The summed E-state index contributed by atoms with van der Waals surface area (Å²) in [5.41, 5.74) is 0. The minimum atomic E-state index is -0.839. The molecule has 14 heavy (non-hydrogen) atoms. The van der Waals surface area contributed by atoms with Crippen molar-refractivity contribution in [1.29, 1.82) is 0 Å². The Hall–Kier alpha value is -1.10. The second-order valence-corrected chi connectivity index (χ2v) is 3.25. The van der Waals surface area contributed by atoms with E-state index in [0.29, 0.717) is 19.3 Å². The normalized spacial score (nSPS) is 12.1. The van der Waals surface area contributed by atoms with Crippen LogP contribution >= 0.6 is 0 Å². The summed E-state index contributed by atoms with van der Waals surface area (Å²) < 4.78 is 0. The van der Waals surface area contributed by atoms with E-state index in [4.69, 9.17) is 10.2 Å². The third kappa shape index (κ3) is 7.54. The first-order valence-corrected chi connectivity index (χ1v) is 4.68. The summed E-state index contributed by atoms with van der Waals surface area (Å²) in [6, 6.07) is -0.234. The Morgan fingerprint density at radius 3 is 2.36 bits per heavy atom. The van der Waals surface area contributed by atoms with Crippen LogP contribution in [-0.4, -0.2) is 34.7 Å². The van der Waals surface area contributed by atoms with Crippen molar-refractivity contribution >= 4 is 11.9 Å². The molecule has 0 bridgehead atoms. The molecule has 3 N–H and O–H groups in total. The molecule has 0 rings (SSSR count). The van der Waals surface area contributed by atoms with Crippen LogP contribution in [0.15, 0.2) is 0 Å². The number of rotatable bonds is 7. The molecule has 0 aromatic heterocycles. The molecule has 0 unspecified atom stereocenters. The van der Waals surface area contributed by atoms with E-state index in [1.54, 1.807) is 6.92 Å². The largest absolute Gasteiger partial charge is 0.481 e. The standard InChI is InChI=1S/C9H17NO4/c1-7(6-11)10-8(12)4-2-3-5-9(13)14/h7,11H,2-6H2,1H3,(H,10,12)(H,13,14)/t7-/m0/s1. The molecular formula is C9H17NO4. The highest BCUT2D eigenvalue weighted by Crippen LogP contribution is 1.99. The Morgan fingerprint density at radius 1 is 1.29 bits per heavy atom. The maximum Gasteiger partial charge on any atom is 0.303 e. The monoisotopic (exact) mass is 203 g/mol. The lowest BCUT2D eigenvalue weighted by Gasteiger charge is -2.09. The Bertz CT molecular complexity index is 193. The molecule has 5 nitrogen and oxygen atoms in total. The Balaban J connectivity index is 3.40. The van der Waals surface area contributed by atoms with E-state index in [1.165, 1.54) is 0 Å². The van der Waals surface area contributed by atoms with E-state index in [0.717, 1.165) is 0 Å². The van der Waals surface area contributed by atoms with Crippen molar-refractivity contribution in [2.45, 2.75) is 38.6 Å². The van der Waals surface area contributed by atoms with Crippen LogP contribution in [0.25, 0.3) is 0 Å². The maximum absolute atomic E-state index is 11.1. The highest BCUT2D eigenvalue weighted by atomic mass is 16.4. The number of carbonyl (C=O) groups is 2. The van der Waals surface area contributed by atoms with Gasteiger partial charge in [-0.1, -0.05) is 0 Å². The van der Waals surface area contributed by atoms with Crippen molar-refractivity contribution in [3.8, 4) is 0 Å². The van der Waals surface area contributed by atoms with E-state index in [1.807, 2.05) is 0 Å². The van der Waals surface area contributed by atoms with Gasteiger partial charge in [-0.2, -0.15) is 0 Å². The summed E-state index contributed by atoms with van der Waals surface area (Å²) in [5.74, 6) is -0.980. The highest BCUT2D eigenvalue weighted by molar-refractivity contribution is 5.76. The van der Waals surface area contributed by atoms with Crippen molar-refractivity contribution in [3.63, 3.8) is 0 Å². The number of aliphatic carboxylic acids is 1. The average Bonchev–Trinajstić information content (AvgIpc) is 2.12. The van der Waals surface area contributed by atoms with Gasteiger partial charge in [0.05, 0.1) is 6.61 Å². The number of unbranched alkanes of at least 4 members (excludes halogenated alkanes) is 1. The Labute approximate surface area is 83.1 Å². The number of carboxylic acids is 1. The lowest BCUT2D eigenvalue weighted by Crippen LogP contribution is -2.34. The van der Waals surface area contributed by atoms with E-state index in [9.17, 15) is 9.59 Å². The van der Waals surface area contributed by atoms with Gasteiger partial charge in [0.15, 0.2) is 0 Å². The second kappa shape index (κ2) is 7.32. The minimum Gasteiger partial charge on any atom is -0.481 e. The van der Waals surface area contributed by atoms with Crippen LogP contribution in [0.5, 0.6) is 0 Å². The summed E-state index contributed by atoms with van der Waals surface area (Å²) in [5, 5.41) is 19.5. The Kier molecular flexibility index (Phi) is 6.74. The fourth-order valence-corrected chi connectivity index (χ4v) is 0.954. The van der Waals surface area contributed by atoms with Crippen molar-refractivity contribution in [2.24, 2.45) is 0 Å². The molecule has 0 spiro atoms. The van der Waals surface area contributed by atoms with E-state index in [2.05, 4.69) is 5.32 Å². The van der Waals surface area contributed by atoms with Crippen LogP contribution in [0.3, 0.4) is 0 Å². The molecule has 1 atom stereocenters. The topological polar surface area (TPSA) is 86.6 Å². The molecule has 0 saturated heterocycles. The van der Waals surface area contributed by atoms with Crippen LogP contribution in [-0.2, 0) is 9.59 Å². The molecule has 0 aromatic carbocycles. The first-order valence-electron chi connectivity index (χ1n) is 4.68. The van der Waals surface area contributed by atoms with Crippen molar-refractivity contribution < 1.29 is 19.8 Å². The lowest BCUT2D eigenvalue weighted by molar-refractivity contribution is -0.137. The summed E-state index contributed by atoms with van der Waals surface area (Å²) in [7, 11) is 0. The number of aliphatic hydroxyl groups is 1. The number of carboxylic acid groups (broad SMARTS) is 1. The number of nitrogens with one attached hydrogen (secondary N) is 1. The smallest absolute Gasteiger partial charge is 0.303 e. The summed E-state index contributed by atoms with van der Waals surface area (Å²) in [6.07, 6.45) is 1.49. The molecule has 0 aliphatic carbocycles. The fourth-order valence-electron chi connectivity index (χ4n) is 0.954. The maximum atomic E-state index is 11.1. The van der Waals surface area contributed by atoms with Gasteiger partial charge < -0.3 is 15.5 Å². The fraction of sp³-hybridized carbons (Fsp3) is 0.778. The van der Waals surface area contributed by atoms with Gasteiger partial charge in [0, 0.05) is 18.9 Å². The number of amides is 1. The number of carbonyl (C=O) groups excluding carboxylic acids is 1. The van der Waals surface area contributed by atoms with E-state index >= 15 is 0 Å². The van der Waals surface area contributed by atoms with E-state index in [-0.39, 0.29) is 25.0 Å². The molecule has 0 saturated carbocycles. The lowest BCUT2D eigenvalue weighted by atomic mass is 10.2. The summed E-state index contributed by atoms with van der Waals surface area (Å²) >= 11 is 0. The van der Waals surface area contributed by atoms with Gasteiger partial charge in [-0.15, -0.1) is 0 Å². The van der Waals surface area contributed by atoms with Crippen LogP contribution in [0.4, 0.5) is 0 Å². The number of hydrogen-bond acceptors (Lipinski definition) is 3. The van der Waals surface area contributed by atoms with Gasteiger partial charge in [0.1, 0.15) is 0 Å². The number of hydrogen-bond donors (Lipinski definition) is 3. The summed E-state index contributed by atoms with van der Waals surface area (Å²) in [6.45, 7) is 1.62. The molecule has 82 valence electrons. The van der Waals surface area contributed by atoms with E-state index < -0.39 is 5.97 Å². The molecule has 0 aliphatic heterocycles. The van der Waals surface area contributed by atoms with Gasteiger partial charge in [0.25, 0.3) is 0 Å². The summed E-state index contributed by atoms with van der Waals surface area (Å²) in [4.78, 5) is 21.2. The molecule has 0 aliphatic rings. The van der Waals surface area contributed by atoms with Crippen molar-refractivity contribution in [1.82, 2.24) is 5.32 Å². The zero-order valence-corrected chi connectivity index (χ0v) is 8.32. The average molecular weight is 203 g/mol. The van der Waals surface area contributed by atoms with Gasteiger partial charge in [-0.25, -0.2) is 0 Å². The van der Waals surface area contributed by atoms with Gasteiger partial charge in [0.2, 0.25) is 5.91 Å². The minimum absolute atomic E-state index is 0.0825. The molecule has 0 heterocycles. The van der Waals surface area contributed by atoms with Gasteiger partial charge >= 0.3 is 5.97 Å². The first kappa shape index (κ1) is 12.9. The molecule has 0 aromatic rings. The van der Waals surface area contributed by atoms with Gasteiger partial charge in [-0.05, 0) is 19.8 Å². The molecule has 1 amide bonds. The zero-order chi connectivity index (χ0) is 11.0.